The second kappa shape index (κ2) is 6.40. The molecule has 21 heavy (non-hydrogen) atoms. The van der Waals surface area contributed by atoms with Crippen molar-refractivity contribution in [1.29, 1.82) is 0 Å². The molecule has 0 radical (unpaired) electrons. The van der Waals surface area contributed by atoms with Crippen molar-refractivity contribution in [2.24, 2.45) is 0 Å². The molecule has 0 fully saturated rings. The van der Waals surface area contributed by atoms with Gasteiger partial charge in [-0.1, -0.05) is 17.7 Å². The summed E-state index contributed by atoms with van der Waals surface area (Å²) in [5, 5.41) is 14.1. The molecule has 0 aliphatic carbocycles. The highest BCUT2D eigenvalue weighted by molar-refractivity contribution is 14.1. The number of nitro benzene ring substituents is 1. The van der Waals surface area contributed by atoms with E-state index in [1.807, 2.05) is 22.6 Å². The van der Waals surface area contributed by atoms with Crippen molar-refractivity contribution in [3.63, 3.8) is 0 Å². The Morgan fingerprint density at radius 1 is 1.33 bits per heavy atom. The zero-order valence-electron chi connectivity index (χ0n) is 10.9. The van der Waals surface area contributed by atoms with Crippen LogP contribution in [0.5, 0.6) is 0 Å². The first-order valence-electron chi connectivity index (χ1n) is 5.90. The Balaban J connectivity index is 2.29. The lowest BCUT2D eigenvalue weighted by Crippen LogP contribution is -2.13. The molecule has 0 aliphatic rings. The third kappa shape index (κ3) is 3.51. The van der Waals surface area contributed by atoms with Crippen molar-refractivity contribution in [3.8, 4) is 0 Å². The molecule has 0 saturated heterocycles. The lowest BCUT2D eigenvalue weighted by atomic mass is 10.1. The number of hydrogen-bond donors (Lipinski definition) is 1. The summed E-state index contributed by atoms with van der Waals surface area (Å²) in [5.74, 6) is -0.340. The Hall–Kier alpha value is -1.67. The van der Waals surface area contributed by atoms with Crippen LogP contribution in [0.1, 0.15) is 15.9 Å². The maximum Gasteiger partial charge on any atom is 0.274 e. The molecule has 5 nitrogen and oxygen atoms in total. The molecule has 0 aliphatic heterocycles. The first-order valence-corrected chi connectivity index (χ1v) is 7.36. The molecule has 2 aromatic rings. The van der Waals surface area contributed by atoms with E-state index < -0.39 is 4.92 Å². The number of carbonyl (C=O) groups excluding carboxylic acids is 1. The average Bonchev–Trinajstić information content (AvgIpc) is 2.43. The van der Waals surface area contributed by atoms with Gasteiger partial charge in [-0.15, -0.1) is 0 Å². The van der Waals surface area contributed by atoms with Crippen LogP contribution >= 0.6 is 34.2 Å². The molecule has 0 spiro atoms. The minimum absolute atomic E-state index is 0.0292. The molecule has 0 heterocycles. The topological polar surface area (TPSA) is 72.2 Å². The van der Waals surface area contributed by atoms with Crippen LogP contribution < -0.4 is 5.32 Å². The van der Waals surface area contributed by atoms with E-state index in [1.165, 1.54) is 12.1 Å². The van der Waals surface area contributed by atoms with E-state index in [9.17, 15) is 14.9 Å². The molecule has 1 N–H and O–H groups in total. The first-order chi connectivity index (χ1) is 9.90. The molecule has 0 saturated carbocycles. The summed E-state index contributed by atoms with van der Waals surface area (Å²) in [6.07, 6.45) is 0. The van der Waals surface area contributed by atoms with Crippen LogP contribution in [0, 0.1) is 20.6 Å². The maximum atomic E-state index is 12.2. The molecule has 1 amide bonds. The average molecular weight is 417 g/mol. The largest absolute Gasteiger partial charge is 0.321 e. The van der Waals surface area contributed by atoms with Crippen molar-refractivity contribution in [2.45, 2.75) is 6.92 Å². The number of amides is 1. The van der Waals surface area contributed by atoms with Crippen molar-refractivity contribution >= 4 is 51.5 Å². The molecule has 0 aromatic heterocycles. The van der Waals surface area contributed by atoms with Crippen LogP contribution in [0.15, 0.2) is 36.4 Å². The molecule has 2 aromatic carbocycles. The van der Waals surface area contributed by atoms with E-state index in [2.05, 4.69) is 5.32 Å². The van der Waals surface area contributed by atoms with E-state index in [0.29, 0.717) is 21.8 Å². The zero-order valence-corrected chi connectivity index (χ0v) is 13.8. The van der Waals surface area contributed by atoms with Crippen molar-refractivity contribution in [3.05, 3.63) is 66.2 Å². The van der Waals surface area contributed by atoms with Crippen molar-refractivity contribution < 1.29 is 9.72 Å². The number of carbonyl (C=O) groups is 1. The van der Waals surface area contributed by atoms with Crippen LogP contribution in [0.3, 0.4) is 0 Å². The summed E-state index contributed by atoms with van der Waals surface area (Å²) >= 11 is 7.95. The lowest BCUT2D eigenvalue weighted by molar-refractivity contribution is -0.385. The molecule has 0 atom stereocenters. The fourth-order valence-electron chi connectivity index (χ4n) is 1.79. The Kier molecular flexibility index (Phi) is 4.79. The van der Waals surface area contributed by atoms with Gasteiger partial charge in [0.2, 0.25) is 0 Å². The van der Waals surface area contributed by atoms with Crippen LogP contribution in [0.25, 0.3) is 0 Å². The summed E-state index contributed by atoms with van der Waals surface area (Å²) in [6.45, 7) is 1.60. The van der Waals surface area contributed by atoms with E-state index in [4.69, 9.17) is 11.6 Å². The van der Waals surface area contributed by atoms with Gasteiger partial charge in [0, 0.05) is 15.2 Å². The SMILES string of the molecule is Cc1c(NC(=O)c2ccc(Cl)c(I)c2)cccc1[N+](=O)[O-]. The zero-order chi connectivity index (χ0) is 15.6. The molecule has 0 unspecified atom stereocenters. The quantitative estimate of drug-likeness (QED) is 0.457. The predicted molar refractivity (Wildman–Crippen MR) is 90.0 cm³/mol. The van der Waals surface area contributed by atoms with Crippen LogP contribution in [0.2, 0.25) is 5.02 Å². The fraction of sp³-hybridized carbons (Fsp3) is 0.0714. The van der Waals surface area contributed by atoms with E-state index in [-0.39, 0.29) is 11.6 Å². The van der Waals surface area contributed by atoms with Crippen LogP contribution in [-0.2, 0) is 0 Å². The van der Waals surface area contributed by atoms with Gasteiger partial charge in [-0.2, -0.15) is 0 Å². The highest BCUT2D eigenvalue weighted by atomic mass is 127. The summed E-state index contributed by atoms with van der Waals surface area (Å²) in [4.78, 5) is 22.6. The monoisotopic (exact) mass is 416 g/mol. The van der Waals surface area contributed by atoms with Gasteiger partial charge >= 0.3 is 0 Å². The molecule has 108 valence electrons. The molecule has 2 rings (SSSR count). The van der Waals surface area contributed by atoms with Crippen molar-refractivity contribution in [1.82, 2.24) is 0 Å². The van der Waals surface area contributed by atoms with Gasteiger partial charge in [-0.25, -0.2) is 0 Å². The number of nitro groups is 1. The maximum absolute atomic E-state index is 12.2. The predicted octanol–water partition coefficient (Wildman–Crippen LogP) is 4.41. The van der Waals surface area contributed by atoms with E-state index >= 15 is 0 Å². The van der Waals surface area contributed by atoms with Gasteiger partial charge < -0.3 is 5.32 Å². The lowest BCUT2D eigenvalue weighted by Gasteiger charge is -2.09. The number of halogens is 2. The molecule has 0 bridgehead atoms. The van der Waals surface area contributed by atoms with Crippen LogP contribution in [-0.4, -0.2) is 10.8 Å². The second-order valence-electron chi connectivity index (χ2n) is 4.29. The Labute approximate surface area is 139 Å². The Bertz CT molecular complexity index is 734. The van der Waals surface area contributed by atoms with Gasteiger partial charge in [-0.05, 0) is 53.8 Å². The number of rotatable bonds is 3. The Morgan fingerprint density at radius 2 is 2.05 bits per heavy atom. The third-order valence-electron chi connectivity index (χ3n) is 2.93. The molecular weight excluding hydrogens is 407 g/mol. The van der Waals surface area contributed by atoms with Gasteiger partial charge in [0.15, 0.2) is 0 Å². The van der Waals surface area contributed by atoms with Gasteiger partial charge in [0.05, 0.1) is 21.2 Å². The number of anilines is 1. The highest BCUT2D eigenvalue weighted by Gasteiger charge is 2.15. The third-order valence-corrected chi connectivity index (χ3v) is 4.47. The highest BCUT2D eigenvalue weighted by Crippen LogP contribution is 2.26. The number of benzene rings is 2. The minimum Gasteiger partial charge on any atom is -0.321 e. The fourth-order valence-corrected chi connectivity index (χ4v) is 2.42. The van der Waals surface area contributed by atoms with Crippen molar-refractivity contribution in [2.75, 3.05) is 5.32 Å². The first kappa shape index (κ1) is 15.7. The molecule has 7 heteroatoms. The smallest absolute Gasteiger partial charge is 0.274 e. The number of nitrogens with one attached hydrogen (secondary N) is 1. The summed E-state index contributed by atoms with van der Waals surface area (Å²) in [5.41, 5.74) is 1.24. The minimum atomic E-state index is -0.476. The Morgan fingerprint density at radius 3 is 2.67 bits per heavy atom. The van der Waals surface area contributed by atoms with Gasteiger partial charge in [0.1, 0.15) is 0 Å². The van der Waals surface area contributed by atoms with Gasteiger partial charge in [0.25, 0.3) is 11.6 Å². The normalized spacial score (nSPS) is 10.2. The van der Waals surface area contributed by atoms with E-state index in [0.717, 1.165) is 3.57 Å². The number of hydrogen-bond acceptors (Lipinski definition) is 3. The van der Waals surface area contributed by atoms with E-state index in [1.54, 1.807) is 31.2 Å². The molecular formula is C14H10ClIN2O3. The summed E-state index contributed by atoms with van der Waals surface area (Å²) in [6, 6.07) is 9.46. The summed E-state index contributed by atoms with van der Waals surface area (Å²) < 4.78 is 0.762. The summed E-state index contributed by atoms with van der Waals surface area (Å²) in [7, 11) is 0. The number of nitrogens with zero attached hydrogens (tertiary/aromatic N) is 1. The van der Waals surface area contributed by atoms with Gasteiger partial charge in [-0.3, -0.25) is 14.9 Å². The second-order valence-corrected chi connectivity index (χ2v) is 5.86. The standard InChI is InChI=1S/C14H10ClIN2O3/c1-8-12(3-2-4-13(8)18(20)21)17-14(19)9-5-6-10(15)11(16)7-9/h2-7H,1H3,(H,17,19). The van der Waals surface area contributed by atoms with Crippen LogP contribution in [0.4, 0.5) is 11.4 Å².